The molecule has 0 amide bonds. The van der Waals surface area contributed by atoms with Gasteiger partial charge in [-0.15, -0.1) is 0 Å². The lowest BCUT2D eigenvalue weighted by Crippen LogP contribution is -2.45. The molecule has 0 aliphatic heterocycles. The van der Waals surface area contributed by atoms with E-state index in [1.54, 1.807) is 0 Å². The number of ketones is 1. The number of halogens is 2. The number of carbonyl (C=O) groups excluding carboxylic acids is 1. The van der Waals surface area contributed by atoms with Gasteiger partial charge in [0.1, 0.15) is 29.5 Å². The fourth-order valence-corrected chi connectivity index (χ4v) is 11.5. The van der Waals surface area contributed by atoms with Gasteiger partial charge in [0.05, 0.1) is 49.3 Å². The molecule has 4 fully saturated rings. The first-order chi connectivity index (χ1) is 40.7. The average Bonchev–Trinajstić information content (AvgIpc) is 2.03. The van der Waals surface area contributed by atoms with Gasteiger partial charge in [0.15, 0.2) is 0 Å². The van der Waals surface area contributed by atoms with E-state index in [0.29, 0.717) is 49.2 Å². The van der Waals surface area contributed by atoms with E-state index in [1.807, 2.05) is 67.3 Å². The number of aliphatic hydroxyl groups is 5. The predicted molar refractivity (Wildman–Crippen MR) is 329 cm³/mol. The highest BCUT2D eigenvalue weighted by molar-refractivity contribution is 6.31. The van der Waals surface area contributed by atoms with Crippen molar-refractivity contribution in [1.29, 1.82) is 0 Å². The Morgan fingerprint density at radius 1 is 0.607 bits per heavy atom. The number of aromatic nitrogens is 2. The van der Waals surface area contributed by atoms with Crippen molar-refractivity contribution in [3.8, 4) is 33.8 Å². The maximum Gasteiger partial charge on any atom is 0.133 e. The summed E-state index contributed by atoms with van der Waals surface area (Å²) >= 11 is 13.3. The highest BCUT2D eigenvalue weighted by Crippen LogP contribution is 2.55. The number of carbonyl (C=O) groups is 1. The molecule has 0 radical (unpaired) electrons. The molecule has 2 heterocycles. The number of para-hydroxylation sites is 2. The number of ether oxygens (including phenoxy) is 4. The topological polar surface area (TPSA) is 207 Å². The quantitative estimate of drug-likeness (QED) is 0.0212. The third kappa shape index (κ3) is 16.8. The van der Waals surface area contributed by atoms with Crippen LogP contribution in [0.3, 0.4) is 0 Å². The lowest BCUT2D eigenvalue weighted by Gasteiger charge is -2.27. The number of hydrogen-bond acceptors (Lipinski definition) is 13. The van der Waals surface area contributed by atoms with Gasteiger partial charge in [-0.2, -0.15) is 0 Å². The van der Waals surface area contributed by atoms with Crippen molar-refractivity contribution in [1.82, 2.24) is 9.97 Å². The van der Waals surface area contributed by atoms with Crippen molar-refractivity contribution in [3.05, 3.63) is 165 Å². The van der Waals surface area contributed by atoms with E-state index in [1.165, 1.54) is 11.1 Å². The second kappa shape index (κ2) is 29.9. The highest BCUT2D eigenvalue weighted by atomic mass is 35.5. The van der Waals surface area contributed by atoms with Crippen molar-refractivity contribution in [2.75, 3.05) is 19.8 Å². The van der Waals surface area contributed by atoms with E-state index in [2.05, 4.69) is 78.4 Å². The van der Waals surface area contributed by atoms with Gasteiger partial charge in [-0.05, 0) is 165 Å². The summed E-state index contributed by atoms with van der Waals surface area (Å²) in [4.78, 5) is 21.4. The summed E-state index contributed by atoms with van der Waals surface area (Å²) in [5, 5.41) is 49.7. The molecule has 2 aromatic heterocycles. The van der Waals surface area contributed by atoms with Gasteiger partial charge in [-0.1, -0.05) is 117 Å². The van der Waals surface area contributed by atoms with Crippen LogP contribution >= 0.6 is 23.2 Å². The molecule has 0 unspecified atom stereocenters. The molecule has 15 heteroatoms. The monoisotopic (exact) mass is 1190 g/mol. The van der Waals surface area contributed by atoms with Crippen LogP contribution in [0.25, 0.3) is 22.3 Å². The third-order valence-electron chi connectivity index (χ3n) is 17.1. The van der Waals surface area contributed by atoms with E-state index in [9.17, 15) is 25.2 Å². The largest absolute Gasteiger partial charge is 0.490 e. The first-order valence-corrected chi connectivity index (χ1v) is 31.2. The summed E-state index contributed by atoms with van der Waals surface area (Å²) in [5.74, 6) is 1.56. The Kier molecular flexibility index (Phi) is 22.5. The van der Waals surface area contributed by atoms with Gasteiger partial charge in [-0.3, -0.25) is 14.8 Å². The number of aliphatic hydroxyl groups excluding tert-OH is 5. The van der Waals surface area contributed by atoms with Gasteiger partial charge < -0.3 is 50.2 Å². The minimum Gasteiger partial charge on any atom is -0.490 e. The molecule has 4 aliphatic carbocycles. The van der Waals surface area contributed by atoms with Crippen LogP contribution in [0.1, 0.15) is 168 Å². The SMILES string of the molecule is C[C@@H](CCCCCC(=O)C[C@@H](CO)[C@@H](O)[C@H](O)[C@H](O)CO)c1ccc(Cl)c(COC2(c3cnccc3-c3ccccc3OC3CC3)CC2)c1.C[C@@H](CCCCN)c1ccc(Cl)c(COC2(c3cnccc3-c3ccccc3OC3CC3)CC2)c1. The fourth-order valence-electron chi connectivity index (χ4n) is 11.1. The maximum absolute atomic E-state index is 12.5. The van der Waals surface area contributed by atoms with E-state index in [-0.39, 0.29) is 23.7 Å². The summed E-state index contributed by atoms with van der Waals surface area (Å²) in [7, 11) is 0. The maximum atomic E-state index is 12.5. The number of Topliss-reactive ketones (excluding diaryl/α,β-unsaturated/α-hetero) is 1. The van der Waals surface area contributed by atoms with Crippen LogP contribution in [0, 0.1) is 5.92 Å². The molecule has 0 saturated heterocycles. The number of rotatable bonds is 33. The number of nitrogens with zero attached hydrogens (tertiary/aromatic N) is 2. The molecule has 0 bridgehead atoms. The van der Waals surface area contributed by atoms with E-state index in [4.69, 9.17) is 53.0 Å². The van der Waals surface area contributed by atoms with Crippen molar-refractivity contribution in [3.63, 3.8) is 0 Å². The van der Waals surface area contributed by atoms with Crippen LogP contribution in [0.4, 0.5) is 0 Å². The summed E-state index contributed by atoms with van der Waals surface area (Å²) in [6, 6.07) is 33.1. The number of pyridine rings is 2. The molecule has 4 saturated carbocycles. The van der Waals surface area contributed by atoms with Crippen LogP contribution in [-0.2, 0) is 38.7 Å². The number of unbranched alkanes of at least 4 members (excludes halogenated alkanes) is 3. The fraction of sp³-hybridized carbons (Fsp3) is 0.493. The van der Waals surface area contributed by atoms with Gasteiger partial charge in [0.2, 0.25) is 0 Å². The zero-order chi connectivity index (χ0) is 59.2. The average molecular weight is 1190 g/mol. The van der Waals surface area contributed by atoms with E-state index >= 15 is 0 Å². The Balaban J connectivity index is 0.000000213. The molecule has 13 nitrogen and oxygen atoms in total. The van der Waals surface area contributed by atoms with Crippen molar-refractivity contribution >= 4 is 29.0 Å². The molecule has 6 aromatic rings. The van der Waals surface area contributed by atoms with E-state index in [0.717, 1.165) is 157 Å². The Hall–Kier alpha value is -5.29. The second-order valence-corrected chi connectivity index (χ2v) is 24.7. The molecule has 4 aliphatic rings. The molecule has 6 atom stereocenters. The normalized spacial score (nSPS) is 17.9. The van der Waals surface area contributed by atoms with Crippen LogP contribution in [0.2, 0.25) is 10.0 Å². The highest BCUT2D eigenvalue weighted by Gasteiger charge is 2.49. The molecule has 10 rings (SSSR count). The summed E-state index contributed by atoms with van der Waals surface area (Å²) in [6.45, 7) is 4.84. The minimum atomic E-state index is -1.64. The molecule has 7 N–H and O–H groups in total. The Labute approximate surface area is 505 Å². The molecule has 84 heavy (non-hydrogen) atoms. The van der Waals surface area contributed by atoms with Crippen LogP contribution in [-0.4, -0.2) is 91.6 Å². The Bertz CT molecular complexity index is 3090. The van der Waals surface area contributed by atoms with Gasteiger partial charge >= 0.3 is 0 Å². The Morgan fingerprint density at radius 2 is 1.08 bits per heavy atom. The predicted octanol–water partition coefficient (Wildman–Crippen LogP) is 13.2. The molecule has 4 aromatic carbocycles. The van der Waals surface area contributed by atoms with Gasteiger partial charge in [0.25, 0.3) is 0 Å². The van der Waals surface area contributed by atoms with Crippen molar-refractivity contribution < 1.29 is 49.3 Å². The number of benzene rings is 4. The van der Waals surface area contributed by atoms with E-state index < -0.39 is 43.0 Å². The standard InChI is InChI=1S/C39H50ClNO8.C30H35ClN2O2/c1-25(7-3-2-4-8-29(44)20-27(22-42)37(46)38(47)35(45)23-43)26-11-14-34(40)28(19-26)24-48-39(16-17-39)33-21-41-18-15-31(33)32-9-5-6-10-36(32)49-30-12-13-30;1-21(6-4-5-16-32)22-9-12-28(31)23(18-22)20-34-30(14-15-30)27-19-33-17-13-25(27)26-7-2-3-8-29(26)35-24-10-11-24/h5-6,9-11,14-15,18-19,21,25,27,30,35,37-38,42-43,45-47H,2-4,7-8,12-13,16-17,20,22-24H2,1H3;2-3,7-9,12-13,17-19,21,24H,4-6,10-11,14-16,20,32H2,1H3/t25-,27-,35+,37+,38+;21-/m00/s1. The number of nitrogens with two attached hydrogens (primary N) is 1. The third-order valence-corrected chi connectivity index (χ3v) is 17.9. The van der Waals surface area contributed by atoms with Crippen LogP contribution < -0.4 is 15.2 Å². The molecule has 0 spiro atoms. The zero-order valence-electron chi connectivity index (χ0n) is 48.7. The molecular weight excluding hydrogens is 1100 g/mol. The van der Waals surface area contributed by atoms with Crippen molar-refractivity contribution in [2.24, 2.45) is 11.7 Å². The number of hydrogen-bond donors (Lipinski definition) is 6. The lowest BCUT2D eigenvalue weighted by atomic mass is 9.89. The summed E-state index contributed by atoms with van der Waals surface area (Å²) < 4.78 is 25.8. The van der Waals surface area contributed by atoms with Crippen LogP contribution in [0.5, 0.6) is 11.5 Å². The minimum absolute atomic E-state index is 0.107. The molecule has 450 valence electrons. The molecular formula is C69H85Cl2N3O10. The lowest BCUT2D eigenvalue weighted by molar-refractivity contribution is -0.127. The van der Waals surface area contributed by atoms with Gasteiger partial charge in [-0.25, -0.2) is 0 Å². The summed E-state index contributed by atoms with van der Waals surface area (Å²) in [5.41, 5.74) is 16.0. The zero-order valence-corrected chi connectivity index (χ0v) is 50.2. The second-order valence-electron chi connectivity index (χ2n) is 23.8. The van der Waals surface area contributed by atoms with Crippen LogP contribution in [0.15, 0.2) is 122 Å². The Morgan fingerprint density at radius 3 is 1.52 bits per heavy atom. The first kappa shape index (κ1) is 63.2. The first-order valence-electron chi connectivity index (χ1n) is 30.5. The van der Waals surface area contributed by atoms with Gasteiger partial charge in [0, 0.05) is 82.5 Å². The van der Waals surface area contributed by atoms with Crippen molar-refractivity contribution in [2.45, 2.75) is 190 Å². The summed E-state index contributed by atoms with van der Waals surface area (Å²) in [6.07, 6.45) is 18.7. The smallest absolute Gasteiger partial charge is 0.133 e.